The van der Waals surface area contributed by atoms with Gasteiger partial charge in [0.05, 0.1) is 60.9 Å². The Hall–Kier alpha value is -4.96. The van der Waals surface area contributed by atoms with Crippen LogP contribution in [-0.4, -0.2) is 104 Å². The van der Waals surface area contributed by atoms with Crippen molar-refractivity contribution in [3.05, 3.63) is 99.9 Å². The lowest BCUT2D eigenvalue weighted by molar-refractivity contribution is -0.164. The van der Waals surface area contributed by atoms with Gasteiger partial charge in [0.15, 0.2) is 5.78 Å². The van der Waals surface area contributed by atoms with E-state index in [0.717, 1.165) is 27.5 Å². The molecule has 2 aliphatic rings. The number of nitrogens with zero attached hydrogens (tertiary/aromatic N) is 5. The number of benzene rings is 3. The highest BCUT2D eigenvalue weighted by Gasteiger charge is 2.46. The van der Waals surface area contributed by atoms with Crippen LogP contribution in [0.1, 0.15) is 62.9 Å². The summed E-state index contributed by atoms with van der Waals surface area (Å²) in [5.74, 6) is -4.63. The molecule has 5 atom stereocenters. The number of ketones is 1. The van der Waals surface area contributed by atoms with Crippen molar-refractivity contribution in [3.8, 4) is 22.8 Å². The summed E-state index contributed by atoms with van der Waals surface area (Å²) in [6, 6.07) is 17.4. The Morgan fingerprint density at radius 2 is 1.68 bits per heavy atom. The van der Waals surface area contributed by atoms with Crippen LogP contribution in [0, 0.1) is 11.8 Å². The summed E-state index contributed by atoms with van der Waals surface area (Å²) in [5.41, 5.74) is 1.71. The van der Waals surface area contributed by atoms with Crippen molar-refractivity contribution in [3.63, 3.8) is 0 Å². The van der Waals surface area contributed by atoms with Gasteiger partial charge in [-0.05, 0) is 101 Å². The molecular weight excluding hydrogens is 860 g/mol. The molecule has 6 rings (SSSR count). The number of Topliss-reactive ketones (excluding diaryl/α,β-unsaturated/α-hetero) is 1. The first-order valence-electron chi connectivity index (χ1n) is 20.8. The lowest BCUT2D eigenvalue weighted by Gasteiger charge is -2.45. The van der Waals surface area contributed by atoms with E-state index in [9.17, 15) is 37.5 Å². The minimum absolute atomic E-state index is 0.101. The molecule has 0 radical (unpaired) electrons. The number of amides is 3. The van der Waals surface area contributed by atoms with Crippen LogP contribution < -0.4 is 10.1 Å². The third kappa shape index (κ3) is 12.0. The third-order valence-electron chi connectivity index (χ3n) is 11.9. The van der Waals surface area contributed by atoms with Crippen molar-refractivity contribution in [1.29, 1.82) is 0 Å². The third-order valence-corrected chi connectivity index (χ3v) is 12.4. The maximum Gasteiger partial charge on any atom is 0.389 e. The molecule has 0 aliphatic carbocycles. The maximum absolute atomic E-state index is 14.5. The zero-order chi connectivity index (χ0) is 45.8. The summed E-state index contributed by atoms with van der Waals surface area (Å²) in [7, 11) is 5.85. The molecule has 63 heavy (non-hydrogen) atoms. The number of carbonyl (C=O) groups excluding carboxylic acids is 4. The number of imidazole rings is 1. The van der Waals surface area contributed by atoms with Gasteiger partial charge in [-0.3, -0.25) is 19.2 Å². The van der Waals surface area contributed by atoms with E-state index in [1.807, 2.05) is 42.7 Å². The first kappa shape index (κ1) is 47.5. The van der Waals surface area contributed by atoms with Crippen molar-refractivity contribution < 1.29 is 42.2 Å². The van der Waals surface area contributed by atoms with Gasteiger partial charge in [0.1, 0.15) is 17.3 Å². The van der Waals surface area contributed by atoms with Gasteiger partial charge in [-0.2, -0.15) is 13.2 Å². The molecule has 3 heterocycles. The summed E-state index contributed by atoms with van der Waals surface area (Å²) >= 11 is 12.6. The number of aromatic nitrogens is 2. The number of carbonyl (C=O) groups is 4. The fraction of sp³-hybridized carbons (Fsp3) is 0.457. The molecular formula is C46H53Cl2F3N6O6. The standard InChI is InChI=1S/C46H53Cl2F3N6O6/c1-28-39(59)21-37(29(2)58)43(61)53-45(22-30-7-12-34(47)13-8-30)17-6-18-56(27-45)44(62)33(23-46(49,50)51)19-42(60)57(28)25-32-9-14-35(48)20-40(32)63-36-15-10-31(11-16-36)38-24-52-41(55(38)5)26-54(3)4/h7-16,20,24,28-29,33,37,58H,6,17-19,21-23,25-27H2,1-5H3,(H,53,61)/t28-,29-,33-,37-,45+/m0/s1. The van der Waals surface area contributed by atoms with Crippen LogP contribution in [0.4, 0.5) is 13.2 Å². The van der Waals surface area contributed by atoms with Crippen LogP contribution in [0.5, 0.6) is 11.5 Å². The summed E-state index contributed by atoms with van der Waals surface area (Å²) in [4.78, 5) is 66.2. The highest BCUT2D eigenvalue weighted by atomic mass is 35.5. The molecule has 2 bridgehead atoms. The number of hydrogen-bond acceptors (Lipinski definition) is 8. The summed E-state index contributed by atoms with van der Waals surface area (Å²) < 4.78 is 51.2. The Morgan fingerprint density at radius 1 is 1.00 bits per heavy atom. The van der Waals surface area contributed by atoms with Crippen molar-refractivity contribution >= 4 is 46.7 Å². The molecule has 0 saturated carbocycles. The van der Waals surface area contributed by atoms with E-state index in [-0.39, 0.29) is 31.8 Å². The topological polar surface area (TPSA) is 137 Å². The van der Waals surface area contributed by atoms with Gasteiger partial charge in [-0.25, -0.2) is 4.98 Å². The zero-order valence-corrected chi connectivity index (χ0v) is 37.4. The average Bonchev–Trinajstić information content (AvgIpc) is 3.57. The number of fused-ring (bicyclic) bond motifs is 2. The van der Waals surface area contributed by atoms with Crippen LogP contribution in [0.25, 0.3) is 11.3 Å². The lowest BCUT2D eigenvalue weighted by Crippen LogP contribution is -2.63. The van der Waals surface area contributed by atoms with Crippen LogP contribution >= 0.6 is 23.2 Å². The minimum atomic E-state index is -4.81. The molecule has 2 N–H and O–H groups in total. The van der Waals surface area contributed by atoms with E-state index in [0.29, 0.717) is 40.7 Å². The molecule has 0 unspecified atom stereocenters. The number of halogens is 5. The molecule has 17 heteroatoms. The predicted octanol–water partition coefficient (Wildman–Crippen LogP) is 7.61. The lowest BCUT2D eigenvalue weighted by atomic mass is 9.81. The van der Waals surface area contributed by atoms with Gasteiger partial charge < -0.3 is 34.4 Å². The van der Waals surface area contributed by atoms with E-state index in [2.05, 4.69) is 10.3 Å². The van der Waals surface area contributed by atoms with E-state index < -0.39 is 78.5 Å². The van der Waals surface area contributed by atoms with Crippen LogP contribution in [-0.2, 0) is 45.7 Å². The fourth-order valence-corrected chi connectivity index (χ4v) is 8.75. The van der Waals surface area contributed by atoms with Crippen molar-refractivity contribution in [1.82, 2.24) is 29.6 Å². The first-order chi connectivity index (χ1) is 29.7. The molecule has 12 nitrogen and oxygen atoms in total. The smallest absolute Gasteiger partial charge is 0.389 e. The SMILES string of the molecule is C[C@H](O)[C@@H]1CC(=O)[C@H](C)N(Cc2ccc(Cl)cc2Oc2ccc(-c3cnc(CN(C)C)n3C)cc2)C(=O)C[C@@H](CC(F)(F)F)C(=O)N2CCC[C@@](Cc3ccc(Cl)cc3)(C2)NC1=O. The van der Waals surface area contributed by atoms with E-state index in [4.69, 9.17) is 27.9 Å². The minimum Gasteiger partial charge on any atom is -0.457 e. The molecule has 2 saturated heterocycles. The van der Waals surface area contributed by atoms with Crippen molar-refractivity contribution in [2.24, 2.45) is 18.9 Å². The van der Waals surface area contributed by atoms with Gasteiger partial charge in [0, 0.05) is 54.2 Å². The summed E-state index contributed by atoms with van der Waals surface area (Å²) in [6.07, 6.45) is -6.36. The zero-order valence-electron chi connectivity index (χ0n) is 35.9. The van der Waals surface area contributed by atoms with Crippen molar-refractivity contribution in [2.45, 2.75) is 89.3 Å². The maximum atomic E-state index is 14.5. The molecule has 1 aromatic heterocycles. The molecule has 4 aromatic rings. The van der Waals surface area contributed by atoms with Crippen molar-refractivity contribution in [2.75, 3.05) is 27.2 Å². The van der Waals surface area contributed by atoms with Crippen LogP contribution in [0.2, 0.25) is 10.0 Å². The van der Waals surface area contributed by atoms with E-state index in [1.54, 1.807) is 54.7 Å². The van der Waals surface area contributed by atoms with E-state index >= 15 is 0 Å². The van der Waals surface area contributed by atoms with Crippen LogP contribution in [0.3, 0.4) is 0 Å². The monoisotopic (exact) mass is 912 g/mol. The highest BCUT2D eigenvalue weighted by molar-refractivity contribution is 6.31. The number of aliphatic hydroxyl groups excluding tert-OH is 1. The second-order valence-corrected chi connectivity index (χ2v) is 18.0. The number of ether oxygens (including phenoxy) is 1. The number of piperidine rings is 1. The average molecular weight is 914 g/mol. The number of alkyl halides is 3. The Balaban J connectivity index is 1.33. The van der Waals surface area contributed by atoms with Gasteiger partial charge >= 0.3 is 6.18 Å². The summed E-state index contributed by atoms with van der Waals surface area (Å²) in [5, 5.41) is 14.7. The largest absolute Gasteiger partial charge is 0.457 e. The van der Waals surface area contributed by atoms with Gasteiger partial charge in [0.25, 0.3) is 0 Å². The van der Waals surface area contributed by atoms with Crippen LogP contribution in [0.15, 0.2) is 72.9 Å². The van der Waals surface area contributed by atoms with E-state index in [1.165, 1.54) is 24.8 Å². The molecule has 3 aromatic carbocycles. The normalized spacial score (nSPS) is 22.3. The molecule has 0 spiro atoms. The van der Waals surface area contributed by atoms with Gasteiger partial charge in [-0.15, -0.1) is 0 Å². The Labute approximate surface area is 375 Å². The first-order valence-corrected chi connectivity index (χ1v) is 21.6. The molecule has 338 valence electrons. The number of hydrogen-bond donors (Lipinski definition) is 2. The Kier molecular flexibility index (Phi) is 15.0. The van der Waals surface area contributed by atoms with Gasteiger partial charge in [-0.1, -0.05) is 41.4 Å². The number of rotatable bonds is 11. The summed E-state index contributed by atoms with van der Waals surface area (Å²) in [6.45, 7) is 3.08. The number of nitrogens with one attached hydrogen (secondary N) is 1. The van der Waals surface area contributed by atoms with Gasteiger partial charge in [0.2, 0.25) is 17.7 Å². The fourth-order valence-electron chi connectivity index (χ4n) is 8.46. The number of aliphatic hydroxyl groups is 1. The molecule has 2 fully saturated rings. The quantitative estimate of drug-likeness (QED) is 0.157. The second kappa shape index (κ2) is 19.8. The predicted molar refractivity (Wildman–Crippen MR) is 233 cm³/mol. The second-order valence-electron chi connectivity index (χ2n) is 17.1. The Morgan fingerprint density at radius 3 is 2.33 bits per heavy atom. The Bertz CT molecular complexity index is 2290. The highest BCUT2D eigenvalue weighted by Crippen LogP contribution is 2.36. The molecule has 3 amide bonds. The molecule has 2 aliphatic heterocycles.